The summed E-state index contributed by atoms with van der Waals surface area (Å²) >= 11 is 0. The number of benzene rings is 2. The van der Waals surface area contributed by atoms with Crippen molar-refractivity contribution in [3.05, 3.63) is 53.6 Å². The van der Waals surface area contributed by atoms with Gasteiger partial charge < -0.3 is 30.2 Å². The zero-order valence-corrected chi connectivity index (χ0v) is 20.9. The quantitative estimate of drug-likeness (QED) is 0.367. The zero-order valence-electron chi connectivity index (χ0n) is 20.9. The van der Waals surface area contributed by atoms with Crippen LogP contribution in [0.4, 0.5) is 13.2 Å². The van der Waals surface area contributed by atoms with Crippen molar-refractivity contribution in [2.24, 2.45) is 0 Å². The highest BCUT2D eigenvalue weighted by Crippen LogP contribution is 2.40. The predicted molar refractivity (Wildman–Crippen MR) is 130 cm³/mol. The molecule has 1 unspecified atom stereocenters. The zero-order chi connectivity index (χ0) is 26.9. The maximum Gasteiger partial charge on any atom is 0.420 e. The van der Waals surface area contributed by atoms with Crippen LogP contribution in [0.25, 0.3) is 0 Å². The molecule has 1 heterocycles. The van der Waals surface area contributed by atoms with E-state index in [1.54, 1.807) is 12.1 Å². The Morgan fingerprint density at radius 2 is 1.81 bits per heavy atom. The summed E-state index contributed by atoms with van der Waals surface area (Å²) in [5.74, 6) is -0.616. The van der Waals surface area contributed by atoms with Crippen molar-refractivity contribution >= 4 is 11.8 Å². The molecule has 0 aliphatic carbocycles. The number of carbonyl (C=O) groups is 2. The van der Waals surface area contributed by atoms with Crippen LogP contribution in [0, 0.1) is 0 Å². The number of amides is 2. The van der Waals surface area contributed by atoms with E-state index in [1.165, 1.54) is 31.4 Å². The van der Waals surface area contributed by atoms with Gasteiger partial charge in [-0.25, -0.2) is 0 Å². The average molecular weight is 524 g/mol. The van der Waals surface area contributed by atoms with E-state index in [0.717, 1.165) is 19.0 Å². The predicted octanol–water partition coefficient (Wildman–Crippen LogP) is 3.79. The molecular weight excluding hydrogens is 491 g/mol. The van der Waals surface area contributed by atoms with Crippen LogP contribution in [-0.4, -0.2) is 51.3 Å². The molecule has 1 fully saturated rings. The lowest BCUT2D eigenvalue weighted by atomic mass is 9.96. The van der Waals surface area contributed by atoms with E-state index in [1.807, 2.05) is 7.05 Å². The number of methoxy groups -OCH3 is 1. The van der Waals surface area contributed by atoms with Gasteiger partial charge in [0.15, 0.2) is 0 Å². The van der Waals surface area contributed by atoms with E-state index in [2.05, 4.69) is 16.0 Å². The van der Waals surface area contributed by atoms with Gasteiger partial charge in [0.2, 0.25) is 11.8 Å². The molecule has 37 heavy (non-hydrogen) atoms. The largest absolute Gasteiger partial charge is 0.497 e. The summed E-state index contributed by atoms with van der Waals surface area (Å²) in [6.07, 6.45) is -2.36. The Bertz CT molecular complexity index is 1050. The van der Waals surface area contributed by atoms with Crippen molar-refractivity contribution in [2.75, 3.05) is 33.9 Å². The molecule has 3 N–H and O–H groups in total. The highest BCUT2D eigenvalue weighted by atomic mass is 19.4. The molecule has 0 aromatic heterocycles. The first-order valence-corrected chi connectivity index (χ1v) is 12.0. The lowest BCUT2D eigenvalue weighted by Gasteiger charge is -2.27. The van der Waals surface area contributed by atoms with Gasteiger partial charge in [0, 0.05) is 26.0 Å². The third kappa shape index (κ3) is 7.83. The summed E-state index contributed by atoms with van der Waals surface area (Å²) in [4.78, 5) is 25.4. The van der Waals surface area contributed by atoms with Gasteiger partial charge in [-0.15, -0.1) is 0 Å². The van der Waals surface area contributed by atoms with Crippen LogP contribution in [0.2, 0.25) is 0 Å². The van der Waals surface area contributed by atoms with E-state index in [4.69, 9.17) is 14.2 Å². The maximum absolute atomic E-state index is 13.4. The Morgan fingerprint density at radius 1 is 1.08 bits per heavy atom. The van der Waals surface area contributed by atoms with Gasteiger partial charge in [-0.1, -0.05) is 12.1 Å². The fraction of sp³-hybridized carbons (Fsp3) is 0.462. The fourth-order valence-corrected chi connectivity index (χ4v) is 3.92. The van der Waals surface area contributed by atoms with Crippen molar-refractivity contribution < 1.29 is 37.0 Å². The van der Waals surface area contributed by atoms with Crippen molar-refractivity contribution in [1.29, 1.82) is 0 Å². The Hall–Kier alpha value is -3.31. The number of alkyl halides is 3. The summed E-state index contributed by atoms with van der Waals surface area (Å²) < 4.78 is 56.0. The first-order chi connectivity index (χ1) is 17.7. The Labute approximate surface area is 213 Å². The van der Waals surface area contributed by atoms with Gasteiger partial charge in [0.05, 0.1) is 13.7 Å². The third-order valence-electron chi connectivity index (χ3n) is 6.01. The Morgan fingerprint density at radius 3 is 2.43 bits per heavy atom. The second kappa shape index (κ2) is 12.8. The molecular formula is C26H32F3N3O5. The lowest BCUT2D eigenvalue weighted by Crippen LogP contribution is -2.59. The van der Waals surface area contributed by atoms with Crippen LogP contribution < -0.4 is 25.4 Å². The summed E-state index contributed by atoms with van der Waals surface area (Å²) in [5, 5.41) is 8.70. The number of rotatable bonds is 12. The normalized spacial score (nSPS) is 17.3. The van der Waals surface area contributed by atoms with E-state index >= 15 is 0 Å². The summed E-state index contributed by atoms with van der Waals surface area (Å²) in [6.45, 7) is 1.44. The number of hydrogen-bond donors (Lipinski definition) is 3. The van der Waals surface area contributed by atoms with Gasteiger partial charge >= 0.3 is 6.18 Å². The highest BCUT2D eigenvalue weighted by Gasteiger charge is 2.43. The molecule has 3 rings (SSSR count). The number of carbonyl (C=O) groups excluding carboxylic acids is 2. The average Bonchev–Trinajstić information content (AvgIpc) is 3.35. The molecule has 0 spiro atoms. The number of nitrogens with one attached hydrogen (secondary N) is 3. The van der Waals surface area contributed by atoms with Gasteiger partial charge in [-0.05, 0) is 62.3 Å². The fourth-order valence-electron chi connectivity index (χ4n) is 3.92. The molecule has 8 nitrogen and oxygen atoms in total. The van der Waals surface area contributed by atoms with Crippen molar-refractivity contribution in [2.45, 2.75) is 43.9 Å². The third-order valence-corrected chi connectivity index (χ3v) is 6.01. The lowest BCUT2D eigenvalue weighted by molar-refractivity contribution is -0.138. The van der Waals surface area contributed by atoms with E-state index in [-0.39, 0.29) is 42.2 Å². The first-order valence-electron chi connectivity index (χ1n) is 12.0. The standard InChI is InChI=1S/C26H32F3N3O5/c1-30-13-4-3-5-23(33)32-25(12-14-36-17-25)24(34)31-16-18-6-8-19(9-7-18)37-22-11-10-20(35-2)15-21(22)26(27,28)29/h6-11,15,30H,3-5,12-14,16-17H2,1-2H3,(H,31,34)(H,32,33). The number of halogens is 3. The molecule has 1 aliphatic rings. The van der Waals surface area contributed by atoms with Crippen LogP contribution in [0.1, 0.15) is 36.8 Å². The van der Waals surface area contributed by atoms with Crippen molar-refractivity contribution in [3.63, 3.8) is 0 Å². The maximum atomic E-state index is 13.4. The van der Waals surface area contributed by atoms with Gasteiger partial charge in [-0.3, -0.25) is 9.59 Å². The summed E-state index contributed by atoms with van der Waals surface area (Å²) in [5.41, 5.74) is -1.36. The van der Waals surface area contributed by atoms with Crippen molar-refractivity contribution in [1.82, 2.24) is 16.0 Å². The van der Waals surface area contributed by atoms with Crippen LogP contribution in [-0.2, 0) is 27.0 Å². The van der Waals surface area contributed by atoms with Crippen LogP contribution in [0.3, 0.4) is 0 Å². The van der Waals surface area contributed by atoms with E-state index in [9.17, 15) is 22.8 Å². The Kier molecular flexibility index (Phi) is 9.76. The van der Waals surface area contributed by atoms with Gasteiger partial charge in [0.25, 0.3) is 0 Å². The van der Waals surface area contributed by atoms with Crippen LogP contribution in [0.5, 0.6) is 17.2 Å². The topological polar surface area (TPSA) is 97.9 Å². The molecule has 202 valence electrons. The summed E-state index contributed by atoms with van der Waals surface area (Å²) in [7, 11) is 3.13. The van der Waals surface area contributed by atoms with Crippen molar-refractivity contribution in [3.8, 4) is 17.2 Å². The summed E-state index contributed by atoms with van der Waals surface area (Å²) in [6, 6.07) is 9.80. The minimum absolute atomic E-state index is 0.0705. The molecule has 2 amide bonds. The first kappa shape index (κ1) is 28.3. The second-order valence-corrected chi connectivity index (χ2v) is 8.78. The number of hydrogen-bond acceptors (Lipinski definition) is 6. The minimum atomic E-state index is -4.61. The Balaban J connectivity index is 1.59. The highest BCUT2D eigenvalue weighted by molar-refractivity contribution is 5.92. The molecule has 0 radical (unpaired) electrons. The molecule has 11 heteroatoms. The molecule has 1 aliphatic heterocycles. The second-order valence-electron chi connectivity index (χ2n) is 8.78. The SMILES string of the molecule is CNCCCCC(=O)NC1(C(=O)NCc2ccc(Oc3ccc(OC)cc3C(F)(F)F)cc2)CCOC1. The smallest absolute Gasteiger partial charge is 0.420 e. The number of unbranched alkanes of at least 4 members (excludes halogenated alkanes) is 1. The molecule has 2 aromatic carbocycles. The van der Waals surface area contributed by atoms with E-state index in [0.29, 0.717) is 31.4 Å². The minimum Gasteiger partial charge on any atom is -0.497 e. The molecule has 2 aromatic rings. The van der Waals surface area contributed by atoms with Crippen LogP contribution >= 0.6 is 0 Å². The molecule has 0 saturated carbocycles. The number of ether oxygens (including phenoxy) is 3. The van der Waals surface area contributed by atoms with E-state index < -0.39 is 17.3 Å². The molecule has 1 saturated heterocycles. The molecule has 1 atom stereocenters. The monoisotopic (exact) mass is 523 g/mol. The van der Waals surface area contributed by atoms with Crippen LogP contribution in [0.15, 0.2) is 42.5 Å². The van der Waals surface area contributed by atoms with Gasteiger partial charge in [-0.2, -0.15) is 13.2 Å². The molecule has 0 bridgehead atoms. The van der Waals surface area contributed by atoms with Gasteiger partial charge in [0.1, 0.15) is 28.4 Å².